The number of aryl methyl sites for hydroxylation is 1. The Morgan fingerprint density at radius 2 is 1.94 bits per heavy atom. The first kappa shape index (κ1) is 21.2. The predicted octanol–water partition coefficient (Wildman–Crippen LogP) is 1.97. The number of hydrogen-bond donors (Lipinski definition) is 1. The quantitative estimate of drug-likeness (QED) is 0.633. The summed E-state index contributed by atoms with van der Waals surface area (Å²) in [5.41, 5.74) is 2.82. The Bertz CT molecular complexity index is 1210. The van der Waals surface area contributed by atoms with Gasteiger partial charge in [0.2, 0.25) is 15.9 Å². The molecule has 1 atom stereocenters. The molecule has 0 spiro atoms. The minimum absolute atomic E-state index is 0.0447. The van der Waals surface area contributed by atoms with Crippen LogP contribution in [0.15, 0.2) is 55.0 Å². The summed E-state index contributed by atoms with van der Waals surface area (Å²) in [6.45, 7) is 3.98. The summed E-state index contributed by atoms with van der Waals surface area (Å²) in [6, 6.07) is 10.6. The van der Waals surface area contributed by atoms with E-state index in [1.54, 1.807) is 19.3 Å². The molecule has 1 amide bonds. The zero-order valence-electron chi connectivity index (χ0n) is 17.5. The van der Waals surface area contributed by atoms with Crippen molar-refractivity contribution in [2.75, 3.05) is 5.75 Å². The first-order chi connectivity index (χ1) is 14.9. The first-order valence-corrected chi connectivity index (χ1v) is 11.8. The molecule has 162 valence electrons. The molecule has 8 nitrogen and oxygen atoms in total. The number of nitrogens with one attached hydrogen (secondary N) is 1. The fourth-order valence-electron chi connectivity index (χ4n) is 3.81. The minimum Gasteiger partial charge on any atom is -0.351 e. The van der Waals surface area contributed by atoms with Gasteiger partial charge in [0, 0.05) is 31.7 Å². The molecule has 0 saturated heterocycles. The average molecular weight is 440 g/mol. The molecule has 0 bridgehead atoms. The maximum absolute atomic E-state index is 13.1. The summed E-state index contributed by atoms with van der Waals surface area (Å²) in [4.78, 5) is 21.6. The van der Waals surface area contributed by atoms with Crippen LogP contribution in [0.3, 0.4) is 0 Å². The number of hydrogen-bond acceptors (Lipinski definition) is 5. The first-order valence-electron chi connectivity index (χ1n) is 10.2. The van der Waals surface area contributed by atoms with E-state index >= 15 is 0 Å². The number of rotatable bonds is 6. The van der Waals surface area contributed by atoms with Crippen molar-refractivity contribution in [1.29, 1.82) is 0 Å². The van der Waals surface area contributed by atoms with Crippen molar-refractivity contribution in [2.45, 2.75) is 39.4 Å². The number of imidazole rings is 1. The van der Waals surface area contributed by atoms with Crippen LogP contribution in [-0.2, 0) is 34.3 Å². The molecule has 1 aromatic carbocycles. The molecule has 9 heteroatoms. The number of benzene rings is 1. The van der Waals surface area contributed by atoms with E-state index < -0.39 is 16.1 Å². The van der Waals surface area contributed by atoms with Crippen LogP contribution in [0, 0.1) is 6.92 Å². The smallest absolute Gasteiger partial charge is 0.239 e. The van der Waals surface area contributed by atoms with Gasteiger partial charge in [0.1, 0.15) is 17.7 Å². The Hall–Kier alpha value is -3.04. The van der Waals surface area contributed by atoms with Gasteiger partial charge in [0.25, 0.3) is 0 Å². The van der Waals surface area contributed by atoms with Gasteiger partial charge in [-0.3, -0.25) is 9.36 Å². The van der Waals surface area contributed by atoms with E-state index in [0.717, 1.165) is 22.5 Å². The second-order valence-electron chi connectivity index (χ2n) is 7.52. The normalized spacial score (nSPS) is 16.6. The average Bonchev–Trinajstić information content (AvgIpc) is 3.22. The van der Waals surface area contributed by atoms with Gasteiger partial charge in [-0.2, -0.15) is 4.31 Å². The second kappa shape index (κ2) is 8.60. The largest absolute Gasteiger partial charge is 0.351 e. The molecule has 3 aromatic rings. The van der Waals surface area contributed by atoms with Crippen LogP contribution in [0.25, 0.3) is 5.82 Å². The Kier molecular flexibility index (Phi) is 5.88. The fourth-order valence-corrected chi connectivity index (χ4v) is 5.04. The highest BCUT2D eigenvalue weighted by Crippen LogP contribution is 2.26. The van der Waals surface area contributed by atoms with Gasteiger partial charge in [-0.1, -0.05) is 24.3 Å². The van der Waals surface area contributed by atoms with Crippen LogP contribution in [0.2, 0.25) is 0 Å². The van der Waals surface area contributed by atoms with Gasteiger partial charge < -0.3 is 5.32 Å². The molecular formula is C22H25N5O3S. The molecule has 0 saturated carbocycles. The van der Waals surface area contributed by atoms with E-state index in [1.807, 2.05) is 54.1 Å². The topological polar surface area (TPSA) is 97.2 Å². The number of sulfonamides is 1. The summed E-state index contributed by atoms with van der Waals surface area (Å²) in [7, 11) is -3.53. The highest BCUT2D eigenvalue weighted by Gasteiger charge is 2.37. The third kappa shape index (κ3) is 4.38. The maximum atomic E-state index is 13.1. The lowest BCUT2D eigenvalue weighted by Crippen LogP contribution is -2.52. The van der Waals surface area contributed by atoms with Crippen molar-refractivity contribution in [3.05, 3.63) is 77.5 Å². The number of fused-ring (bicyclic) bond motifs is 1. The number of carbonyl (C=O) groups is 1. The van der Waals surface area contributed by atoms with Crippen molar-refractivity contribution in [3.63, 3.8) is 0 Å². The lowest BCUT2D eigenvalue weighted by Gasteiger charge is -2.34. The monoisotopic (exact) mass is 439 g/mol. The molecule has 2 aromatic heterocycles. The molecule has 0 unspecified atom stereocenters. The van der Waals surface area contributed by atoms with Crippen LogP contribution in [-0.4, -0.2) is 45.0 Å². The SMILES string of the molecule is CCS(=O)(=O)N1Cc2ccccc2C[C@@H]1C(=O)NCc1ccnc(-n2ccnc2C)c1. The highest BCUT2D eigenvalue weighted by atomic mass is 32.2. The Morgan fingerprint density at radius 1 is 1.16 bits per heavy atom. The lowest BCUT2D eigenvalue weighted by atomic mass is 9.95. The molecule has 0 aliphatic carbocycles. The van der Waals surface area contributed by atoms with E-state index in [1.165, 1.54) is 4.31 Å². The second-order valence-corrected chi connectivity index (χ2v) is 9.73. The van der Waals surface area contributed by atoms with Crippen LogP contribution in [0.5, 0.6) is 0 Å². The molecule has 0 fully saturated rings. The van der Waals surface area contributed by atoms with E-state index in [4.69, 9.17) is 0 Å². The number of nitrogens with zero attached hydrogens (tertiary/aromatic N) is 4. The van der Waals surface area contributed by atoms with Crippen molar-refractivity contribution < 1.29 is 13.2 Å². The van der Waals surface area contributed by atoms with E-state index in [2.05, 4.69) is 15.3 Å². The molecule has 4 rings (SSSR count). The molecule has 3 heterocycles. The molecule has 31 heavy (non-hydrogen) atoms. The van der Waals surface area contributed by atoms with Crippen LogP contribution >= 0.6 is 0 Å². The molecule has 0 radical (unpaired) electrons. The summed E-state index contributed by atoms with van der Waals surface area (Å²) in [6.07, 6.45) is 5.57. The highest BCUT2D eigenvalue weighted by molar-refractivity contribution is 7.89. The summed E-state index contributed by atoms with van der Waals surface area (Å²) >= 11 is 0. The van der Waals surface area contributed by atoms with Gasteiger partial charge in [-0.05, 0) is 49.1 Å². The third-order valence-corrected chi connectivity index (χ3v) is 7.41. The molecular weight excluding hydrogens is 414 g/mol. The van der Waals surface area contributed by atoms with Gasteiger partial charge in [0.15, 0.2) is 0 Å². The zero-order valence-corrected chi connectivity index (χ0v) is 18.3. The van der Waals surface area contributed by atoms with Crippen molar-refractivity contribution in [1.82, 2.24) is 24.2 Å². The third-order valence-electron chi connectivity index (χ3n) is 5.58. The standard InChI is InChI=1S/C22H25N5O3S/c1-3-31(29,30)27-15-19-7-5-4-6-18(19)13-20(27)22(28)25-14-17-8-9-24-21(12-17)26-11-10-23-16(26)2/h4-12,20H,3,13-15H2,1-2H3,(H,25,28)/t20-/m1/s1. The molecule has 1 aliphatic rings. The minimum atomic E-state index is -3.53. The zero-order chi connectivity index (χ0) is 22.0. The van der Waals surface area contributed by atoms with Gasteiger partial charge in [-0.25, -0.2) is 18.4 Å². The molecule has 1 N–H and O–H groups in total. The Labute approximate surface area is 182 Å². The number of carbonyl (C=O) groups excluding carboxylic acids is 1. The lowest BCUT2D eigenvalue weighted by molar-refractivity contribution is -0.125. The molecule has 1 aliphatic heterocycles. The van der Waals surface area contributed by atoms with Crippen LogP contribution in [0.1, 0.15) is 29.4 Å². The maximum Gasteiger partial charge on any atom is 0.239 e. The number of amides is 1. The van der Waals surface area contributed by atoms with E-state index in [0.29, 0.717) is 12.2 Å². The van der Waals surface area contributed by atoms with Gasteiger partial charge in [-0.15, -0.1) is 0 Å². The van der Waals surface area contributed by atoms with Crippen molar-refractivity contribution in [2.24, 2.45) is 0 Å². The summed E-state index contributed by atoms with van der Waals surface area (Å²) in [5.74, 6) is 1.18. The van der Waals surface area contributed by atoms with Gasteiger partial charge in [0.05, 0.1) is 5.75 Å². The van der Waals surface area contributed by atoms with Crippen molar-refractivity contribution >= 4 is 15.9 Å². The summed E-state index contributed by atoms with van der Waals surface area (Å²) in [5, 5.41) is 2.92. The van der Waals surface area contributed by atoms with Crippen molar-refractivity contribution in [3.8, 4) is 5.82 Å². The van der Waals surface area contributed by atoms with Crippen LogP contribution < -0.4 is 5.32 Å². The Balaban J connectivity index is 1.53. The number of aromatic nitrogens is 3. The fraction of sp³-hybridized carbons (Fsp3) is 0.318. The van der Waals surface area contributed by atoms with Gasteiger partial charge >= 0.3 is 0 Å². The predicted molar refractivity (Wildman–Crippen MR) is 117 cm³/mol. The number of pyridine rings is 1. The Morgan fingerprint density at radius 3 is 2.65 bits per heavy atom. The van der Waals surface area contributed by atoms with E-state index in [-0.39, 0.29) is 24.7 Å². The van der Waals surface area contributed by atoms with Crippen LogP contribution in [0.4, 0.5) is 0 Å². The van der Waals surface area contributed by atoms with E-state index in [9.17, 15) is 13.2 Å². The summed E-state index contributed by atoms with van der Waals surface area (Å²) < 4.78 is 28.6.